The molecule has 0 amide bonds. The summed E-state index contributed by atoms with van der Waals surface area (Å²) >= 11 is 0. The van der Waals surface area contributed by atoms with E-state index < -0.39 is 0 Å². The van der Waals surface area contributed by atoms with Crippen molar-refractivity contribution < 1.29 is 4.39 Å². The van der Waals surface area contributed by atoms with Crippen molar-refractivity contribution in [3.63, 3.8) is 0 Å². The standard InChI is InChI=1S/C8H17FN2/c1-11-5-3-8(10)7(6-11)2-4-9/h7-8H,2-6,10H2,1H3. The third-order valence-corrected chi connectivity index (χ3v) is 2.48. The molecule has 0 aromatic carbocycles. The predicted molar refractivity (Wildman–Crippen MR) is 44.2 cm³/mol. The van der Waals surface area contributed by atoms with Gasteiger partial charge in [-0.05, 0) is 32.4 Å². The third-order valence-electron chi connectivity index (χ3n) is 2.48. The number of halogens is 1. The topological polar surface area (TPSA) is 29.3 Å². The van der Waals surface area contributed by atoms with Gasteiger partial charge in [0.05, 0.1) is 6.67 Å². The summed E-state index contributed by atoms with van der Waals surface area (Å²) in [7, 11) is 2.07. The largest absolute Gasteiger partial charge is 0.327 e. The molecule has 66 valence electrons. The average Bonchev–Trinajstić information content (AvgIpc) is 1.98. The summed E-state index contributed by atoms with van der Waals surface area (Å²) in [5.41, 5.74) is 5.83. The van der Waals surface area contributed by atoms with Crippen molar-refractivity contribution in [2.45, 2.75) is 18.9 Å². The second kappa shape index (κ2) is 4.02. The highest BCUT2D eigenvalue weighted by Crippen LogP contribution is 2.17. The summed E-state index contributed by atoms with van der Waals surface area (Å²) in [6, 6.07) is 0.224. The van der Waals surface area contributed by atoms with Crippen molar-refractivity contribution >= 4 is 0 Å². The van der Waals surface area contributed by atoms with Crippen LogP contribution < -0.4 is 5.73 Å². The van der Waals surface area contributed by atoms with E-state index in [0.29, 0.717) is 12.3 Å². The van der Waals surface area contributed by atoms with Crippen molar-refractivity contribution in [3.8, 4) is 0 Å². The highest BCUT2D eigenvalue weighted by Gasteiger charge is 2.23. The van der Waals surface area contributed by atoms with Crippen LogP contribution in [0.3, 0.4) is 0 Å². The molecule has 0 spiro atoms. The number of nitrogens with two attached hydrogens (primary N) is 1. The van der Waals surface area contributed by atoms with E-state index in [4.69, 9.17) is 5.73 Å². The molecule has 1 heterocycles. The molecule has 0 aromatic heterocycles. The van der Waals surface area contributed by atoms with Gasteiger partial charge in [0.15, 0.2) is 0 Å². The molecule has 2 unspecified atom stereocenters. The van der Waals surface area contributed by atoms with Crippen LogP contribution >= 0.6 is 0 Å². The second-order valence-corrected chi connectivity index (χ2v) is 3.45. The first kappa shape index (κ1) is 8.94. The lowest BCUT2D eigenvalue weighted by atomic mass is 9.91. The summed E-state index contributed by atoms with van der Waals surface area (Å²) in [6.45, 7) is 1.79. The van der Waals surface area contributed by atoms with Gasteiger partial charge in [0.1, 0.15) is 0 Å². The molecule has 2 atom stereocenters. The zero-order valence-corrected chi connectivity index (χ0v) is 7.09. The van der Waals surface area contributed by atoms with Gasteiger partial charge in [-0.15, -0.1) is 0 Å². The lowest BCUT2D eigenvalue weighted by Gasteiger charge is -2.34. The molecule has 11 heavy (non-hydrogen) atoms. The van der Waals surface area contributed by atoms with Gasteiger partial charge >= 0.3 is 0 Å². The number of piperidine rings is 1. The van der Waals surface area contributed by atoms with Gasteiger partial charge in [-0.1, -0.05) is 0 Å². The monoisotopic (exact) mass is 160 g/mol. The van der Waals surface area contributed by atoms with Crippen LogP contribution in [-0.4, -0.2) is 37.8 Å². The Morgan fingerprint density at radius 1 is 1.64 bits per heavy atom. The Morgan fingerprint density at radius 3 is 3.00 bits per heavy atom. The third kappa shape index (κ3) is 2.42. The first-order chi connectivity index (χ1) is 5.24. The molecule has 0 aliphatic carbocycles. The van der Waals surface area contributed by atoms with Crippen LogP contribution in [0.4, 0.5) is 4.39 Å². The van der Waals surface area contributed by atoms with Gasteiger partial charge in [-0.25, -0.2) is 0 Å². The molecular weight excluding hydrogens is 143 g/mol. The van der Waals surface area contributed by atoms with Gasteiger partial charge in [0.25, 0.3) is 0 Å². The van der Waals surface area contributed by atoms with Crippen molar-refractivity contribution in [2.24, 2.45) is 11.7 Å². The van der Waals surface area contributed by atoms with Gasteiger partial charge in [-0.3, -0.25) is 4.39 Å². The fraction of sp³-hybridized carbons (Fsp3) is 1.00. The quantitative estimate of drug-likeness (QED) is 0.642. The van der Waals surface area contributed by atoms with Crippen molar-refractivity contribution in [1.29, 1.82) is 0 Å². The lowest BCUT2D eigenvalue weighted by molar-refractivity contribution is 0.169. The number of alkyl halides is 1. The van der Waals surface area contributed by atoms with E-state index in [1.807, 2.05) is 0 Å². The van der Waals surface area contributed by atoms with E-state index in [0.717, 1.165) is 19.5 Å². The molecule has 0 radical (unpaired) electrons. The van der Waals surface area contributed by atoms with Crippen LogP contribution in [0.15, 0.2) is 0 Å². The molecular formula is C8H17FN2. The molecule has 1 aliphatic rings. The summed E-state index contributed by atoms with van der Waals surface area (Å²) < 4.78 is 12.0. The van der Waals surface area contributed by atoms with Crippen molar-refractivity contribution in [2.75, 3.05) is 26.8 Å². The number of hydrogen-bond acceptors (Lipinski definition) is 2. The van der Waals surface area contributed by atoms with Gasteiger partial charge in [-0.2, -0.15) is 0 Å². The SMILES string of the molecule is CN1CCC(N)C(CCF)C1. The molecule has 1 aliphatic heterocycles. The van der Waals surface area contributed by atoms with Crippen LogP contribution in [-0.2, 0) is 0 Å². The first-order valence-corrected chi connectivity index (χ1v) is 4.24. The minimum Gasteiger partial charge on any atom is -0.327 e. The minimum atomic E-state index is -0.230. The van der Waals surface area contributed by atoms with Gasteiger partial charge in [0, 0.05) is 12.6 Å². The van der Waals surface area contributed by atoms with E-state index in [1.54, 1.807) is 0 Å². The maximum atomic E-state index is 12.0. The van der Waals surface area contributed by atoms with E-state index in [-0.39, 0.29) is 12.7 Å². The van der Waals surface area contributed by atoms with Crippen LogP contribution in [0.1, 0.15) is 12.8 Å². The van der Waals surface area contributed by atoms with E-state index in [9.17, 15) is 4.39 Å². The predicted octanol–water partition coefficient (Wildman–Crippen LogP) is 0.625. The van der Waals surface area contributed by atoms with Gasteiger partial charge in [0.2, 0.25) is 0 Å². The summed E-state index contributed by atoms with van der Waals surface area (Å²) in [5, 5.41) is 0. The molecule has 0 bridgehead atoms. The number of hydrogen-bond donors (Lipinski definition) is 1. The van der Waals surface area contributed by atoms with Crippen molar-refractivity contribution in [1.82, 2.24) is 4.90 Å². The van der Waals surface area contributed by atoms with Crippen LogP contribution in [0.25, 0.3) is 0 Å². The Morgan fingerprint density at radius 2 is 2.36 bits per heavy atom. The van der Waals surface area contributed by atoms with Crippen LogP contribution in [0.5, 0.6) is 0 Å². The summed E-state index contributed by atoms with van der Waals surface area (Å²) in [5.74, 6) is 0.374. The van der Waals surface area contributed by atoms with Crippen LogP contribution in [0, 0.1) is 5.92 Å². The molecule has 0 saturated carbocycles. The maximum absolute atomic E-state index is 12.0. The smallest absolute Gasteiger partial charge is 0.0898 e. The molecule has 3 heteroatoms. The van der Waals surface area contributed by atoms with Gasteiger partial charge < -0.3 is 10.6 Å². The lowest BCUT2D eigenvalue weighted by Crippen LogP contribution is -2.45. The number of nitrogens with zero attached hydrogens (tertiary/aromatic N) is 1. The molecule has 1 rings (SSSR count). The second-order valence-electron chi connectivity index (χ2n) is 3.45. The minimum absolute atomic E-state index is 0.224. The normalized spacial score (nSPS) is 34.1. The highest BCUT2D eigenvalue weighted by atomic mass is 19.1. The van der Waals surface area contributed by atoms with Crippen LogP contribution in [0.2, 0.25) is 0 Å². The first-order valence-electron chi connectivity index (χ1n) is 4.24. The zero-order chi connectivity index (χ0) is 8.27. The molecule has 1 fully saturated rings. The maximum Gasteiger partial charge on any atom is 0.0898 e. The molecule has 1 saturated heterocycles. The molecule has 2 nitrogen and oxygen atoms in total. The van der Waals surface area contributed by atoms with E-state index in [2.05, 4.69) is 11.9 Å². The van der Waals surface area contributed by atoms with E-state index >= 15 is 0 Å². The summed E-state index contributed by atoms with van der Waals surface area (Å²) in [6.07, 6.45) is 1.65. The fourth-order valence-corrected chi connectivity index (χ4v) is 1.68. The Kier molecular flexibility index (Phi) is 3.27. The molecule has 2 N–H and O–H groups in total. The average molecular weight is 160 g/mol. The zero-order valence-electron chi connectivity index (χ0n) is 7.09. The molecule has 0 aromatic rings. The number of rotatable bonds is 2. The Hall–Kier alpha value is -0.150. The van der Waals surface area contributed by atoms with Crippen molar-refractivity contribution in [3.05, 3.63) is 0 Å². The Balaban J connectivity index is 2.34. The van der Waals surface area contributed by atoms with E-state index in [1.165, 1.54) is 0 Å². The Labute approximate surface area is 67.6 Å². The number of likely N-dealkylation sites (tertiary alicyclic amines) is 1. The Bertz CT molecular complexity index is 119. The fourth-order valence-electron chi connectivity index (χ4n) is 1.68. The highest BCUT2D eigenvalue weighted by molar-refractivity contribution is 4.81. The summed E-state index contributed by atoms with van der Waals surface area (Å²) in [4.78, 5) is 2.23.